The van der Waals surface area contributed by atoms with Gasteiger partial charge in [0.1, 0.15) is 5.82 Å². The zero-order valence-corrected chi connectivity index (χ0v) is 14.0. The number of aromatic amines is 1. The van der Waals surface area contributed by atoms with Crippen LogP contribution < -0.4 is 0 Å². The van der Waals surface area contributed by atoms with Crippen LogP contribution in [0, 0.1) is 0 Å². The average Bonchev–Trinajstić information content (AvgIpc) is 3.26. The van der Waals surface area contributed by atoms with Gasteiger partial charge in [-0.25, -0.2) is 9.97 Å². The van der Waals surface area contributed by atoms with E-state index in [4.69, 9.17) is 4.98 Å². The fraction of sp³-hybridized carbons (Fsp3) is 0.368. The number of nitrogens with one attached hydrogen (secondary N) is 1. The molecule has 1 aliphatic rings. The van der Waals surface area contributed by atoms with Crippen LogP contribution in [0.2, 0.25) is 0 Å². The Morgan fingerprint density at radius 1 is 1.17 bits per heavy atom. The summed E-state index contributed by atoms with van der Waals surface area (Å²) < 4.78 is 2.10. The maximum absolute atomic E-state index is 4.70. The van der Waals surface area contributed by atoms with Crippen molar-refractivity contribution in [2.24, 2.45) is 7.05 Å². The van der Waals surface area contributed by atoms with Crippen LogP contribution in [-0.4, -0.2) is 31.0 Å². The van der Waals surface area contributed by atoms with E-state index in [0.29, 0.717) is 6.04 Å². The third-order valence-electron chi connectivity index (χ3n) is 4.89. The van der Waals surface area contributed by atoms with Gasteiger partial charge >= 0.3 is 0 Å². The summed E-state index contributed by atoms with van der Waals surface area (Å²) >= 11 is 0. The molecule has 24 heavy (non-hydrogen) atoms. The first-order chi connectivity index (χ1) is 11.8. The van der Waals surface area contributed by atoms with E-state index in [-0.39, 0.29) is 0 Å². The summed E-state index contributed by atoms with van der Waals surface area (Å²) in [5.74, 6) is 1.08. The van der Waals surface area contributed by atoms with Crippen LogP contribution in [0.1, 0.15) is 36.8 Å². The van der Waals surface area contributed by atoms with Gasteiger partial charge in [-0.1, -0.05) is 36.8 Å². The van der Waals surface area contributed by atoms with Crippen molar-refractivity contribution in [3.8, 4) is 11.3 Å². The highest BCUT2D eigenvalue weighted by molar-refractivity contribution is 5.58. The molecule has 1 N–H and O–H groups in total. The molecule has 124 valence electrons. The van der Waals surface area contributed by atoms with Gasteiger partial charge in [-0.3, -0.25) is 4.90 Å². The number of likely N-dealkylation sites (tertiary alicyclic amines) is 1. The molecule has 0 radical (unpaired) electrons. The summed E-state index contributed by atoms with van der Waals surface area (Å²) in [5, 5.41) is 0. The number of aryl methyl sites for hydroxylation is 1. The van der Waals surface area contributed by atoms with E-state index in [1.807, 2.05) is 24.8 Å². The molecule has 0 aliphatic carbocycles. The molecule has 0 bridgehead atoms. The highest BCUT2D eigenvalue weighted by atomic mass is 15.2. The van der Waals surface area contributed by atoms with Crippen LogP contribution in [0.4, 0.5) is 0 Å². The molecular formula is C19H23N5. The Balaban J connectivity index is 1.57. The quantitative estimate of drug-likeness (QED) is 0.799. The Kier molecular flexibility index (Phi) is 4.17. The number of rotatable bonds is 4. The van der Waals surface area contributed by atoms with Crippen LogP contribution in [-0.2, 0) is 13.6 Å². The molecule has 0 saturated carbocycles. The summed E-state index contributed by atoms with van der Waals surface area (Å²) in [4.78, 5) is 15.0. The lowest BCUT2D eigenvalue weighted by molar-refractivity contribution is 0.131. The Hall–Kier alpha value is -2.40. The summed E-state index contributed by atoms with van der Waals surface area (Å²) in [6, 6.07) is 10.7. The first-order valence-electron chi connectivity index (χ1n) is 8.61. The van der Waals surface area contributed by atoms with Gasteiger partial charge in [-0.15, -0.1) is 0 Å². The molecule has 5 heteroatoms. The molecular weight excluding hydrogens is 298 g/mol. The van der Waals surface area contributed by atoms with E-state index in [1.54, 1.807) is 0 Å². The van der Waals surface area contributed by atoms with Gasteiger partial charge in [0.15, 0.2) is 0 Å². The molecule has 1 aliphatic heterocycles. The number of aromatic nitrogens is 4. The van der Waals surface area contributed by atoms with Gasteiger partial charge < -0.3 is 9.55 Å². The number of H-pyrrole nitrogens is 1. The Bertz CT molecular complexity index is 789. The molecule has 0 unspecified atom stereocenters. The van der Waals surface area contributed by atoms with Crippen LogP contribution in [0.15, 0.2) is 49.1 Å². The maximum atomic E-state index is 4.70. The van der Waals surface area contributed by atoms with E-state index in [1.165, 1.54) is 24.1 Å². The van der Waals surface area contributed by atoms with Crippen molar-refractivity contribution in [1.82, 2.24) is 24.4 Å². The molecule has 3 heterocycles. The molecule has 2 aromatic heterocycles. The van der Waals surface area contributed by atoms with Gasteiger partial charge in [0.05, 0.1) is 30.0 Å². The van der Waals surface area contributed by atoms with Crippen molar-refractivity contribution in [3.05, 3.63) is 60.6 Å². The summed E-state index contributed by atoms with van der Waals surface area (Å²) in [6.07, 6.45) is 9.45. The fourth-order valence-electron chi connectivity index (χ4n) is 3.51. The second kappa shape index (κ2) is 6.61. The minimum atomic E-state index is 0.353. The molecule has 4 rings (SSSR count). The third kappa shape index (κ3) is 2.99. The first kappa shape index (κ1) is 15.1. The van der Waals surface area contributed by atoms with Crippen molar-refractivity contribution in [1.29, 1.82) is 0 Å². The number of hydrogen-bond donors (Lipinski definition) is 1. The van der Waals surface area contributed by atoms with Crippen molar-refractivity contribution in [3.63, 3.8) is 0 Å². The molecule has 1 fully saturated rings. The Labute approximate surface area is 142 Å². The average molecular weight is 321 g/mol. The van der Waals surface area contributed by atoms with Crippen LogP contribution in [0.25, 0.3) is 11.3 Å². The zero-order valence-electron chi connectivity index (χ0n) is 14.0. The number of benzene rings is 1. The molecule has 1 atom stereocenters. The Morgan fingerprint density at radius 2 is 2.04 bits per heavy atom. The lowest BCUT2D eigenvalue weighted by Crippen LogP contribution is -2.34. The molecule has 3 aromatic rings. The summed E-state index contributed by atoms with van der Waals surface area (Å²) in [6.45, 7) is 2.03. The smallest absolute Gasteiger partial charge is 0.123 e. The zero-order chi connectivity index (χ0) is 16.4. The van der Waals surface area contributed by atoms with Crippen LogP contribution in [0.5, 0.6) is 0 Å². The van der Waals surface area contributed by atoms with Crippen molar-refractivity contribution in [2.45, 2.75) is 31.8 Å². The van der Waals surface area contributed by atoms with Gasteiger partial charge in [0, 0.05) is 19.8 Å². The highest BCUT2D eigenvalue weighted by Crippen LogP contribution is 2.31. The Morgan fingerprint density at radius 3 is 2.83 bits per heavy atom. The van der Waals surface area contributed by atoms with E-state index in [2.05, 4.69) is 50.7 Å². The predicted molar refractivity (Wildman–Crippen MR) is 94.2 cm³/mol. The lowest BCUT2D eigenvalue weighted by Gasteiger charge is -2.34. The SMILES string of the molecule is Cn1cncc1CN1CCCC[C@@H]1c1ncc(-c2ccccc2)[nH]1. The fourth-order valence-corrected chi connectivity index (χ4v) is 3.51. The van der Waals surface area contributed by atoms with E-state index < -0.39 is 0 Å². The molecule has 0 spiro atoms. The molecule has 5 nitrogen and oxygen atoms in total. The van der Waals surface area contributed by atoms with Gasteiger partial charge in [0.2, 0.25) is 0 Å². The van der Waals surface area contributed by atoms with Crippen LogP contribution >= 0.6 is 0 Å². The number of piperidine rings is 1. The number of imidazole rings is 2. The monoisotopic (exact) mass is 321 g/mol. The molecule has 1 saturated heterocycles. The van der Waals surface area contributed by atoms with Crippen molar-refractivity contribution in [2.75, 3.05) is 6.54 Å². The van der Waals surface area contributed by atoms with E-state index in [0.717, 1.165) is 31.0 Å². The maximum Gasteiger partial charge on any atom is 0.123 e. The first-order valence-corrected chi connectivity index (χ1v) is 8.61. The second-order valence-electron chi connectivity index (χ2n) is 6.53. The minimum Gasteiger partial charge on any atom is -0.341 e. The predicted octanol–water partition coefficient (Wildman–Crippen LogP) is 3.54. The number of hydrogen-bond acceptors (Lipinski definition) is 3. The summed E-state index contributed by atoms with van der Waals surface area (Å²) in [5.41, 5.74) is 3.53. The third-order valence-corrected chi connectivity index (χ3v) is 4.89. The van der Waals surface area contributed by atoms with E-state index in [9.17, 15) is 0 Å². The lowest BCUT2D eigenvalue weighted by atomic mass is 10.0. The van der Waals surface area contributed by atoms with Gasteiger partial charge in [-0.05, 0) is 24.9 Å². The van der Waals surface area contributed by atoms with Crippen LogP contribution in [0.3, 0.4) is 0 Å². The van der Waals surface area contributed by atoms with E-state index >= 15 is 0 Å². The van der Waals surface area contributed by atoms with Gasteiger partial charge in [-0.2, -0.15) is 0 Å². The highest BCUT2D eigenvalue weighted by Gasteiger charge is 2.27. The molecule has 0 amide bonds. The standard InChI is InChI=1S/C19H23N5/c1-23-14-20-11-16(23)13-24-10-6-5-9-18(24)19-21-12-17(22-19)15-7-3-2-4-8-15/h2-4,7-8,11-12,14,18H,5-6,9-10,13H2,1H3,(H,21,22)/t18-/m1/s1. The largest absolute Gasteiger partial charge is 0.341 e. The minimum absolute atomic E-state index is 0.353. The number of nitrogens with zero attached hydrogens (tertiary/aromatic N) is 4. The van der Waals surface area contributed by atoms with Gasteiger partial charge in [0.25, 0.3) is 0 Å². The van der Waals surface area contributed by atoms with Crippen molar-refractivity contribution >= 4 is 0 Å². The van der Waals surface area contributed by atoms with Crippen molar-refractivity contribution < 1.29 is 0 Å². The second-order valence-corrected chi connectivity index (χ2v) is 6.53. The molecule has 1 aromatic carbocycles. The topological polar surface area (TPSA) is 49.7 Å². The summed E-state index contributed by atoms with van der Waals surface area (Å²) in [7, 11) is 2.06. The normalized spacial score (nSPS) is 18.8.